The van der Waals surface area contributed by atoms with Crippen molar-refractivity contribution in [3.63, 3.8) is 0 Å². The van der Waals surface area contributed by atoms with Crippen molar-refractivity contribution in [3.8, 4) is 10.7 Å². The average Bonchev–Trinajstić information content (AvgIpc) is 3.45. The number of piperazine rings is 1. The van der Waals surface area contributed by atoms with Gasteiger partial charge in [-0.3, -0.25) is 4.90 Å². The van der Waals surface area contributed by atoms with Crippen LogP contribution in [0.2, 0.25) is 0 Å². The molecule has 0 N–H and O–H groups in total. The van der Waals surface area contributed by atoms with Crippen LogP contribution in [0.3, 0.4) is 0 Å². The average molecular weight is 392 g/mol. The predicted molar refractivity (Wildman–Crippen MR) is 109 cm³/mol. The Labute approximate surface area is 166 Å². The second kappa shape index (κ2) is 7.29. The highest BCUT2D eigenvalue weighted by atomic mass is 32.1. The Bertz CT molecular complexity index is 1070. The number of nitrogens with zero attached hydrogens (tertiary/aromatic N) is 6. The van der Waals surface area contributed by atoms with E-state index in [1.165, 1.54) is 0 Å². The SMILES string of the molecule is CC(c1nc(-c2cccs2)no1)N1CCN(c2ncnc3ccccc23)CC1. The molecule has 0 radical (unpaired) electrons. The summed E-state index contributed by atoms with van der Waals surface area (Å²) in [5.74, 6) is 2.35. The highest BCUT2D eigenvalue weighted by molar-refractivity contribution is 7.13. The van der Waals surface area contributed by atoms with E-state index < -0.39 is 0 Å². The van der Waals surface area contributed by atoms with Crippen molar-refractivity contribution in [3.05, 3.63) is 54.0 Å². The molecule has 0 spiro atoms. The van der Waals surface area contributed by atoms with Crippen LogP contribution in [-0.2, 0) is 0 Å². The molecule has 1 saturated heterocycles. The van der Waals surface area contributed by atoms with Crippen LogP contribution >= 0.6 is 11.3 Å². The molecule has 4 heterocycles. The van der Waals surface area contributed by atoms with Crippen molar-refractivity contribution < 1.29 is 4.52 Å². The molecular weight excluding hydrogens is 372 g/mol. The third-order valence-corrected chi connectivity index (χ3v) is 6.09. The molecule has 28 heavy (non-hydrogen) atoms. The van der Waals surface area contributed by atoms with Gasteiger partial charge in [-0.25, -0.2) is 9.97 Å². The van der Waals surface area contributed by atoms with Gasteiger partial charge in [0, 0.05) is 31.6 Å². The second-order valence-electron chi connectivity index (χ2n) is 6.85. The van der Waals surface area contributed by atoms with Gasteiger partial charge >= 0.3 is 0 Å². The van der Waals surface area contributed by atoms with E-state index in [1.807, 2.05) is 35.7 Å². The summed E-state index contributed by atoms with van der Waals surface area (Å²) >= 11 is 1.62. The lowest BCUT2D eigenvalue weighted by atomic mass is 10.2. The maximum Gasteiger partial charge on any atom is 0.244 e. The standard InChI is InChI=1S/C20H20N6OS/c1-14(20-23-18(24-27-20)17-7-4-12-28-17)25-8-10-26(11-9-25)19-15-5-2-3-6-16(15)21-13-22-19/h2-7,12-14H,8-11H2,1H3. The van der Waals surface area contributed by atoms with Crippen molar-refractivity contribution in [2.75, 3.05) is 31.1 Å². The zero-order chi connectivity index (χ0) is 18.9. The largest absolute Gasteiger partial charge is 0.353 e. The molecule has 142 valence electrons. The summed E-state index contributed by atoms with van der Waals surface area (Å²) in [6.45, 7) is 5.75. The molecule has 4 aromatic rings. The van der Waals surface area contributed by atoms with Gasteiger partial charge in [-0.2, -0.15) is 4.98 Å². The predicted octanol–water partition coefficient (Wildman–Crippen LogP) is 3.62. The Morgan fingerprint density at radius 2 is 1.89 bits per heavy atom. The highest BCUT2D eigenvalue weighted by Gasteiger charge is 2.27. The van der Waals surface area contributed by atoms with E-state index in [0.717, 1.165) is 47.8 Å². The fourth-order valence-corrected chi connectivity index (χ4v) is 4.28. The smallest absolute Gasteiger partial charge is 0.244 e. The summed E-state index contributed by atoms with van der Waals surface area (Å²) in [7, 11) is 0. The number of aromatic nitrogens is 4. The first-order chi connectivity index (χ1) is 13.8. The fourth-order valence-electron chi connectivity index (χ4n) is 3.63. The lowest BCUT2D eigenvalue weighted by Gasteiger charge is -2.37. The van der Waals surface area contributed by atoms with Gasteiger partial charge in [0.1, 0.15) is 12.1 Å². The van der Waals surface area contributed by atoms with Crippen LogP contribution in [0.1, 0.15) is 18.9 Å². The van der Waals surface area contributed by atoms with E-state index >= 15 is 0 Å². The minimum atomic E-state index is 0.0884. The lowest BCUT2D eigenvalue weighted by Crippen LogP contribution is -2.47. The van der Waals surface area contributed by atoms with Crippen LogP contribution in [0.4, 0.5) is 5.82 Å². The number of thiophene rings is 1. The number of hydrogen-bond acceptors (Lipinski definition) is 8. The van der Waals surface area contributed by atoms with Gasteiger partial charge < -0.3 is 9.42 Å². The Morgan fingerprint density at radius 3 is 2.71 bits per heavy atom. The van der Waals surface area contributed by atoms with Gasteiger partial charge in [-0.05, 0) is 30.5 Å². The molecule has 1 aromatic carbocycles. The number of hydrogen-bond donors (Lipinski definition) is 0. The van der Waals surface area contributed by atoms with Crippen molar-refractivity contribution >= 4 is 28.1 Å². The van der Waals surface area contributed by atoms with Crippen molar-refractivity contribution in [1.82, 2.24) is 25.0 Å². The third kappa shape index (κ3) is 3.14. The molecule has 5 rings (SSSR count). The van der Waals surface area contributed by atoms with Gasteiger partial charge in [0.15, 0.2) is 0 Å². The molecule has 0 aliphatic carbocycles. The number of anilines is 1. The molecule has 1 fully saturated rings. The number of rotatable bonds is 4. The topological polar surface area (TPSA) is 71.2 Å². The van der Waals surface area contributed by atoms with Crippen LogP contribution in [-0.4, -0.2) is 51.2 Å². The maximum atomic E-state index is 5.54. The van der Waals surface area contributed by atoms with E-state index in [-0.39, 0.29) is 6.04 Å². The molecule has 7 nitrogen and oxygen atoms in total. The Hall–Kier alpha value is -2.84. The van der Waals surface area contributed by atoms with E-state index in [1.54, 1.807) is 17.7 Å². The van der Waals surface area contributed by atoms with E-state index in [2.05, 4.69) is 42.9 Å². The minimum Gasteiger partial charge on any atom is -0.353 e. The maximum absolute atomic E-state index is 5.54. The normalized spacial score (nSPS) is 16.5. The molecule has 1 atom stereocenters. The molecule has 0 saturated carbocycles. The van der Waals surface area contributed by atoms with E-state index in [9.17, 15) is 0 Å². The van der Waals surface area contributed by atoms with Gasteiger partial charge in [0.05, 0.1) is 16.4 Å². The van der Waals surface area contributed by atoms with Gasteiger partial charge in [0.2, 0.25) is 11.7 Å². The fraction of sp³-hybridized carbons (Fsp3) is 0.300. The first-order valence-corrected chi connectivity index (χ1v) is 10.2. The highest BCUT2D eigenvalue weighted by Crippen LogP contribution is 2.28. The molecule has 1 aliphatic heterocycles. The Morgan fingerprint density at radius 1 is 1.04 bits per heavy atom. The van der Waals surface area contributed by atoms with Crippen LogP contribution in [0.15, 0.2) is 52.6 Å². The molecule has 1 aliphatic rings. The third-order valence-electron chi connectivity index (χ3n) is 5.22. The summed E-state index contributed by atoms with van der Waals surface area (Å²) in [4.78, 5) is 19.3. The summed E-state index contributed by atoms with van der Waals surface area (Å²) in [6.07, 6.45) is 1.65. The number of fused-ring (bicyclic) bond motifs is 1. The molecular formula is C20H20N6OS. The minimum absolute atomic E-state index is 0.0884. The lowest BCUT2D eigenvalue weighted by molar-refractivity contribution is 0.164. The zero-order valence-electron chi connectivity index (χ0n) is 15.5. The summed E-state index contributed by atoms with van der Waals surface area (Å²) in [5.41, 5.74) is 0.982. The van der Waals surface area contributed by atoms with Crippen LogP contribution < -0.4 is 4.90 Å². The van der Waals surface area contributed by atoms with E-state index in [4.69, 9.17) is 4.52 Å². The number of para-hydroxylation sites is 1. The van der Waals surface area contributed by atoms with Gasteiger partial charge in [-0.1, -0.05) is 23.4 Å². The van der Waals surface area contributed by atoms with Gasteiger partial charge in [-0.15, -0.1) is 11.3 Å². The van der Waals surface area contributed by atoms with Gasteiger partial charge in [0.25, 0.3) is 0 Å². The molecule has 8 heteroatoms. The van der Waals surface area contributed by atoms with Crippen LogP contribution in [0, 0.1) is 0 Å². The molecule has 1 unspecified atom stereocenters. The first-order valence-electron chi connectivity index (χ1n) is 9.36. The monoisotopic (exact) mass is 392 g/mol. The zero-order valence-corrected chi connectivity index (χ0v) is 16.3. The van der Waals surface area contributed by atoms with Crippen LogP contribution in [0.25, 0.3) is 21.6 Å². The summed E-state index contributed by atoms with van der Waals surface area (Å²) in [5, 5.41) is 7.26. The molecule has 0 bridgehead atoms. The first kappa shape index (κ1) is 17.3. The van der Waals surface area contributed by atoms with Crippen molar-refractivity contribution in [2.24, 2.45) is 0 Å². The molecule has 0 amide bonds. The summed E-state index contributed by atoms with van der Waals surface area (Å²) < 4.78 is 5.54. The number of benzene rings is 1. The van der Waals surface area contributed by atoms with Crippen LogP contribution in [0.5, 0.6) is 0 Å². The van der Waals surface area contributed by atoms with Crippen molar-refractivity contribution in [2.45, 2.75) is 13.0 Å². The van der Waals surface area contributed by atoms with E-state index in [0.29, 0.717) is 11.7 Å². The Balaban J connectivity index is 1.29. The Kier molecular flexibility index (Phi) is 4.50. The van der Waals surface area contributed by atoms with Crippen molar-refractivity contribution in [1.29, 1.82) is 0 Å². The summed E-state index contributed by atoms with van der Waals surface area (Å²) in [6, 6.07) is 12.3. The quantitative estimate of drug-likeness (QED) is 0.525. The molecule has 3 aromatic heterocycles. The second-order valence-corrected chi connectivity index (χ2v) is 7.79.